The molecule has 2 atom stereocenters. The molecule has 0 saturated heterocycles. The Morgan fingerprint density at radius 3 is 1.45 bits per heavy atom. The number of hydrogen-bond acceptors (Lipinski definition) is 7. The molecule has 0 saturated carbocycles. The number of aliphatic hydroxyl groups excluding tert-OH is 2. The van der Waals surface area contributed by atoms with Crippen LogP contribution in [0.2, 0.25) is 0 Å². The SMILES string of the molecule is CCOP(=O)(ON(CCO)CCO)OC(F)(C(F)(F)F)C(F)(F)C(F)(F)C(F)(F)C(F)(F)F. The monoisotopic (exact) mass is 547 g/mol. The van der Waals surface area contributed by atoms with E-state index in [4.69, 9.17) is 10.2 Å². The molecule has 0 amide bonds. The van der Waals surface area contributed by atoms with Gasteiger partial charge in [0, 0.05) is 13.1 Å². The molecule has 21 heteroatoms. The van der Waals surface area contributed by atoms with Crippen LogP contribution in [0.4, 0.5) is 57.1 Å². The highest BCUT2D eigenvalue weighted by molar-refractivity contribution is 7.48. The lowest BCUT2D eigenvalue weighted by molar-refractivity contribution is -0.461. The van der Waals surface area contributed by atoms with E-state index in [0.717, 1.165) is 6.92 Å². The zero-order chi connectivity index (χ0) is 26.7. The summed E-state index contributed by atoms with van der Waals surface area (Å²) in [6, 6.07) is 0. The fourth-order valence-corrected chi connectivity index (χ4v) is 3.22. The quantitative estimate of drug-likeness (QED) is 0.204. The number of phosphoric acid groups is 1. The minimum atomic E-state index is -8.17. The lowest BCUT2D eigenvalue weighted by Gasteiger charge is -2.41. The van der Waals surface area contributed by atoms with Crippen molar-refractivity contribution in [2.75, 3.05) is 32.9 Å². The zero-order valence-corrected chi connectivity index (χ0v) is 16.8. The molecule has 7 nitrogen and oxygen atoms in total. The third-order valence-electron chi connectivity index (χ3n) is 3.35. The number of hydroxylamine groups is 2. The van der Waals surface area contributed by atoms with Gasteiger partial charge in [-0.05, 0) is 6.92 Å². The lowest BCUT2D eigenvalue weighted by Crippen LogP contribution is -2.71. The Hall–Kier alpha value is -0.920. The Morgan fingerprint density at radius 1 is 0.727 bits per heavy atom. The molecule has 0 aromatic heterocycles. The Balaban J connectivity index is 6.73. The van der Waals surface area contributed by atoms with Crippen molar-refractivity contribution in [2.24, 2.45) is 0 Å². The van der Waals surface area contributed by atoms with E-state index in [1.54, 1.807) is 0 Å². The molecule has 2 unspecified atom stereocenters. The highest BCUT2D eigenvalue weighted by Crippen LogP contribution is 2.65. The van der Waals surface area contributed by atoms with E-state index < -0.39 is 76.7 Å². The fourth-order valence-electron chi connectivity index (χ4n) is 1.80. The maximum absolute atomic E-state index is 14.4. The number of halogens is 13. The molecular weight excluding hydrogens is 532 g/mol. The third-order valence-corrected chi connectivity index (χ3v) is 4.83. The molecule has 0 spiro atoms. The zero-order valence-electron chi connectivity index (χ0n) is 15.9. The Kier molecular flexibility index (Phi) is 10.1. The summed E-state index contributed by atoms with van der Waals surface area (Å²) in [5, 5.41) is 17.4. The maximum Gasteiger partial charge on any atom is 0.494 e. The molecule has 200 valence electrons. The molecule has 0 heterocycles. The van der Waals surface area contributed by atoms with Crippen molar-refractivity contribution in [1.29, 1.82) is 0 Å². The van der Waals surface area contributed by atoms with E-state index in [2.05, 4.69) is 13.7 Å². The van der Waals surface area contributed by atoms with Gasteiger partial charge in [-0.3, -0.25) is 4.52 Å². The molecule has 0 fully saturated rings. The van der Waals surface area contributed by atoms with Gasteiger partial charge in [0.15, 0.2) is 0 Å². The first-order valence-corrected chi connectivity index (χ1v) is 9.55. The van der Waals surface area contributed by atoms with Crippen molar-refractivity contribution >= 4 is 7.82 Å². The summed E-state index contributed by atoms with van der Waals surface area (Å²) >= 11 is 0. The number of aliphatic hydroxyl groups is 2. The summed E-state index contributed by atoms with van der Waals surface area (Å²) in [5.41, 5.74) is 0. The lowest BCUT2D eigenvalue weighted by atomic mass is 9.97. The van der Waals surface area contributed by atoms with Crippen LogP contribution in [-0.4, -0.2) is 84.2 Å². The van der Waals surface area contributed by atoms with Crippen LogP contribution in [0.3, 0.4) is 0 Å². The standard InChI is InChI=1S/C12H15F13NO6P/c1-2-30-33(29,32-26(3-5-27)4-6-28)31-10(19,12(23,24)25)8(15,16)7(13,14)9(17,18)11(20,21)22/h27-28H,2-6H2,1H3. The van der Waals surface area contributed by atoms with Crippen molar-refractivity contribution in [3.8, 4) is 0 Å². The van der Waals surface area contributed by atoms with E-state index >= 15 is 0 Å². The van der Waals surface area contributed by atoms with E-state index in [1.807, 2.05) is 0 Å². The molecule has 0 aromatic rings. The average molecular weight is 547 g/mol. The van der Waals surface area contributed by atoms with E-state index in [0.29, 0.717) is 0 Å². The number of alkyl halides is 13. The van der Waals surface area contributed by atoms with E-state index in [-0.39, 0.29) is 5.06 Å². The first kappa shape index (κ1) is 32.1. The molecule has 0 bridgehead atoms. The van der Waals surface area contributed by atoms with Crippen molar-refractivity contribution in [3.05, 3.63) is 0 Å². The molecule has 0 aromatic carbocycles. The van der Waals surface area contributed by atoms with Gasteiger partial charge < -0.3 is 10.2 Å². The first-order valence-electron chi connectivity index (χ1n) is 8.08. The van der Waals surface area contributed by atoms with Crippen LogP contribution in [0.1, 0.15) is 6.92 Å². The minimum absolute atomic E-state index is 0.0478. The fraction of sp³-hybridized carbons (Fsp3) is 1.00. The van der Waals surface area contributed by atoms with Crippen LogP contribution in [0.25, 0.3) is 0 Å². The van der Waals surface area contributed by atoms with Gasteiger partial charge in [-0.2, -0.15) is 66.8 Å². The van der Waals surface area contributed by atoms with Crippen molar-refractivity contribution in [1.82, 2.24) is 5.06 Å². The van der Waals surface area contributed by atoms with Crippen LogP contribution in [0.5, 0.6) is 0 Å². The number of phosphoric ester groups is 1. The van der Waals surface area contributed by atoms with Crippen LogP contribution in [0.15, 0.2) is 0 Å². The van der Waals surface area contributed by atoms with Gasteiger partial charge in [-0.25, -0.2) is 9.09 Å². The molecular formula is C12H15F13NO6P. The van der Waals surface area contributed by atoms with Crippen LogP contribution >= 0.6 is 7.82 Å². The van der Waals surface area contributed by atoms with Crippen molar-refractivity contribution in [3.63, 3.8) is 0 Å². The summed E-state index contributed by atoms with van der Waals surface area (Å²) in [7, 11) is -6.54. The van der Waals surface area contributed by atoms with Gasteiger partial charge in [0.1, 0.15) is 0 Å². The van der Waals surface area contributed by atoms with Gasteiger partial charge in [0.05, 0.1) is 19.8 Å². The van der Waals surface area contributed by atoms with Gasteiger partial charge in [-0.1, -0.05) is 0 Å². The highest BCUT2D eigenvalue weighted by atomic mass is 31.2. The first-order chi connectivity index (χ1) is 14.5. The van der Waals surface area contributed by atoms with Crippen LogP contribution < -0.4 is 0 Å². The summed E-state index contributed by atoms with van der Waals surface area (Å²) in [5.74, 6) is -31.7. The second kappa shape index (κ2) is 10.4. The maximum atomic E-state index is 14.4. The third kappa shape index (κ3) is 6.21. The topological polar surface area (TPSA) is 88.5 Å². The molecule has 2 N–H and O–H groups in total. The number of hydrogen-bond donors (Lipinski definition) is 2. The second-order valence-corrected chi connectivity index (χ2v) is 7.23. The Bertz CT molecular complexity index is 682. The Labute approximate surface area is 175 Å². The summed E-state index contributed by atoms with van der Waals surface area (Å²) < 4.78 is 194. The molecule has 0 aliphatic carbocycles. The predicted molar refractivity (Wildman–Crippen MR) is 77.9 cm³/mol. The summed E-state index contributed by atoms with van der Waals surface area (Å²) in [6.07, 6.45) is -15.2. The minimum Gasteiger partial charge on any atom is -0.395 e. The molecule has 0 radical (unpaired) electrons. The Morgan fingerprint density at radius 2 is 1.15 bits per heavy atom. The highest BCUT2D eigenvalue weighted by Gasteiger charge is 2.92. The smallest absolute Gasteiger partial charge is 0.395 e. The number of rotatable bonds is 13. The molecule has 33 heavy (non-hydrogen) atoms. The molecule has 0 aliphatic rings. The average Bonchev–Trinajstić information content (AvgIpc) is 2.59. The molecule has 0 aliphatic heterocycles. The largest absolute Gasteiger partial charge is 0.494 e. The van der Waals surface area contributed by atoms with Crippen LogP contribution in [-0.2, 0) is 18.2 Å². The van der Waals surface area contributed by atoms with E-state index in [9.17, 15) is 61.6 Å². The van der Waals surface area contributed by atoms with Gasteiger partial charge in [0.25, 0.3) is 0 Å². The van der Waals surface area contributed by atoms with Crippen molar-refractivity contribution in [2.45, 2.75) is 42.9 Å². The van der Waals surface area contributed by atoms with Crippen molar-refractivity contribution < 1.29 is 85.5 Å². The summed E-state index contributed by atoms with van der Waals surface area (Å²) in [6.45, 7) is -4.38. The summed E-state index contributed by atoms with van der Waals surface area (Å²) in [4.78, 5) is 0. The molecule has 0 rings (SSSR count). The van der Waals surface area contributed by atoms with Gasteiger partial charge >= 0.3 is 43.8 Å². The van der Waals surface area contributed by atoms with E-state index in [1.165, 1.54) is 0 Å². The van der Waals surface area contributed by atoms with Gasteiger partial charge in [-0.15, -0.1) is 0 Å². The normalized spacial score (nSPS) is 18.3. The van der Waals surface area contributed by atoms with Crippen LogP contribution in [0, 0.1) is 0 Å². The second-order valence-electron chi connectivity index (χ2n) is 5.73. The number of nitrogens with zero attached hydrogens (tertiary/aromatic N) is 1. The van der Waals surface area contributed by atoms with Gasteiger partial charge in [0.2, 0.25) is 0 Å². The predicted octanol–water partition coefficient (Wildman–Crippen LogP) is 4.06.